The maximum Gasteiger partial charge on any atom is 0.525 e. The Morgan fingerprint density at radius 2 is 1.86 bits per heavy atom. The Labute approximate surface area is 130 Å². The number of hydrogen-bond acceptors (Lipinski definition) is 5. The zero-order valence-electron chi connectivity index (χ0n) is 13.4. The van der Waals surface area contributed by atoms with E-state index in [-0.39, 0.29) is 11.6 Å². The van der Waals surface area contributed by atoms with Crippen molar-refractivity contribution in [2.45, 2.75) is 57.7 Å². The zero-order chi connectivity index (χ0) is 16.1. The van der Waals surface area contributed by atoms with Gasteiger partial charge in [0.2, 0.25) is 0 Å². The van der Waals surface area contributed by atoms with Crippen molar-refractivity contribution in [2.75, 3.05) is 5.73 Å². The SMILES string of the molecule is CC1(C)OB(C(F)=C2CC(c3cncnc3N)C2)OC1(C)C. The van der Waals surface area contributed by atoms with E-state index in [0.717, 1.165) is 11.1 Å². The van der Waals surface area contributed by atoms with Gasteiger partial charge in [0.15, 0.2) is 0 Å². The second-order valence-electron chi connectivity index (χ2n) is 7.01. The molecule has 0 spiro atoms. The second kappa shape index (κ2) is 5.03. The minimum atomic E-state index is -0.912. The van der Waals surface area contributed by atoms with E-state index in [1.165, 1.54) is 6.33 Å². The highest BCUT2D eigenvalue weighted by Crippen LogP contribution is 2.47. The van der Waals surface area contributed by atoms with E-state index >= 15 is 0 Å². The molecule has 2 heterocycles. The monoisotopic (exact) mass is 305 g/mol. The summed E-state index contributed by atoms with van der Waals surface area (Å²) in [6, 6.07) is 0. The first-order chi connectivity index (χ1) is 10.2. The normalized spacial score (nSPS) is 26.0. The third-order valence-corrected chi connectivity index (χ3v) is 5.00. The molecular weight excluding hydrogens is 284 g/mol. The van der Waals surface area contributed by atoms with Crippen molar-refractivity contribution < 1.29 is 13.7 Å². The van der Waals surface area contributed by atoms with E-state index in [4.69, 9.17) is 15.0 Å². The maximum atomic E-state index is 14.6. The Kier molecular flexibility index (Phi) is 3.53. The maximum absolute atomic E-state index is 14.6. The molecule has 22 heavy (non-hydrogen) atoms. The van der Waals surface area contributed by atoms with Crippen LogP contribution in [0, 0.1) is 0 Å². The van der Waals surface area contributed by atoms with Crippen molar-refractivity contribution in [3.63, 3.8) is 0 Å². The molecule has 0 aromatic carbocycles. The molecule has 0 atom stereocenters. The quantitative estimate of drug-likeness (QED) is 0.851. The summed E-state index contributed by atoms with van der Waals surface area (Å²) in [5, 5.41) is 0. The van der Waals surface area contributed by atoms with Gasteiger partial charge in [-0.15, -0.1) is 0 Å². The van der Waals surface area contributed by atoms with Crippen molar-refractivity contribution in [3.8, 4) is 0 Å². The lowest BCUT2D eigenvalue weighted by molar-refractivity contribution is 0.00578. The fourth-order valence-electron chi connectivity index (χ4n) is 2.73. The summed E-state index contributed by atoms with van der Waals surface area (Å²) in [5.74, 6) is 0.638. The average Bonchev–Trinajstić information content (AvgIpc) is 2.59. The Hall–Kier alpha value is -1.47. The van der Waals surface area contributed by atoms with Crippen LogP contribution in [-0.2, 0) is 9.31 Å². The molecule has 0 bridgehead atoms. The Morgan fingerprint density at radius 1 is 1.27 bits per heavy atom. The number of allylic oxidation sites excluding steroid dienone is 1. The number of nitrogen functional groups attached to an aromatic ring is 1. The van der Waals surface area contributed by atoms with Crippen molar-refractivity contribution in [3.05, 3.63) is 29.4 Å². The molecule has 7 heteroatoms. The van der Waals surface area contributed by atoms with Gasteiger partial charge in [-0.25, -0.2) is 14.4 Å². The fraction of sp³-hybridized carbons (Fsp3) is 0.600. The molecule has 2 N–H and O–H groups in total. The summed E-state index contributed by atoms with van der Waals surface area (Å²) in [4.78, 5) is 7.96. The molecule has 0 radical (unpaired) electrons. The smallest absolute Gasteiger partial charge is 0.398 e. The number of rotatable bonds is 2. The number of hydrogen-bond donors (Lipinski definition) is 1. The van der Waals surface area contributed by atoms with Crippen molar-refractivity contribution >= 4 is 12.9 Å². The molecule has 1 saturated carbocycles. The van der Waals surface area contributed by atoms with Crippen LogP contribution in [0.25, 0.3) is 0 Å². The number of anilines is 1. The lowest BCUT2D eigenvalue weighted by Gasteiger charge is -2.32. The van der Waals surface area contributed by atoms with Crippen LogP contribution >= 0.6 is 0 Å². The van der Waals surface area contributed by atoms with Gasteiger partial charge in [-0.3, -0.25) is 0 Å². The first-order valence-corrected chi connectivity index (χ1v) is 7.50. The number of aromatic nitrogens is 2. The highest BCUT2D eigenvalue weighted by atomic mass is 19.1. The van der Waals surface area contributed by atoms with Crippen molar-refractivity contribution in [1.82, 2.24) is 9.97 Å². The number of nitrogens with zero attached hydrogens (tertiary/aromatic N) is 2. The lowest BCUT2D eigenvalue weighted by Crippen LogP contribution is -2.41. The molecule has 0 unspecified atom stereocenters. The van der Waals surface area contributed by atoms with Gasteiger partial charge in [-0.05, 0) is 52.0 Å². The first-order valence-electron chi connectivity index (χ1n) is 7.50. The highest BCUT2D eigenvalue weighted by Gasteiger charge is 2.54. The van der Waals surface area contributed by atoms with Crippen LogP contribution in [0.1, 0.15) is 52.0 Å². The zero-order valence-corrected chi connectivity index (χ0v) is 13.4. The van der Waals surface area contributed by atoms with Crippen LogP contribution in [0.15, 0.2) is 23.8 Å². The van der Waals surface area contributed by atoms with Gasteiger partial charge in [0.1, 0.15) is 17.9 Å². The summed E-state index contributed by atoms with van der Waals surface area (Å²) in [6.45, 7) is 7.65. The highest BCUT2D eigenvalue weighted by molar-refractivity contribution is 6.53. The first kappa shape index (κ1) is 15.4. The molecule has 1 aromatic heterocycles. The summed E-state index contributed by atoms with van der Waals surface area (Å²) >= 11 is 0. The Bertz CT molecular complexity index is 609. The summed E-state index contributed by atoms with van der Waals surface area (Å²) in [6.07, 6.45) is 4.33. The molecule has 5 nitrogen and oxygen atoms in total. The Balaban J connectivity index is 1.72. The Morgan fingerprint density at radius 3 is 2.41 bits per heavy atom. The van der Waals surface area contributed by atoms with Gasteiger partial charge in [-0.1, -0.05) is 0 Å². The fourth-order valence-corrected chi connectivity index (χ4v) is 2.73. The van der Waals surface area contributed by atoms with Gasteiger partial charge in [0.05, 0.1) is 11.2 Å². The van der Waals surface area contributed by atoms with Crippen molar-refractivity contribution in [2.24, 2.45) is 0 Å². The van der Waals surface area contributed by atoms with E-state index in [9.17, 15) is 4.39 Å². The largest absolute Gasteiger partial charge is 0.525 e. The van der Waals surface area contributed by atoms with E-state index in [1.807, 2.05) is 27.7 Å². The van der Waals surface area contributed by atoms with E-state index in [2.05, 4.69) is 9.97 Å². The minimum absolute atomic E-state index is 0.171. The van der Waals surface area contributed by atoms with Gasteiger partial charge in [0, 0.05) is 11.8 Å². The molecule has 118 valence electrons. The van der Waals surface area contributed by atoms with Crippen molar-refractivity contribution in [1.29, 1.82) is 0 Å². The average molecular weight is 305 g/mol. The molecule has 1 saturated heterocycles. The number of halogens is 1. The second-order valence-corrected chi connectivity index (χ2v) is 7.01. The van der Waals surface area contributed by atoms with Crippen LogP contribution in [0.5, 0.6) is 0 Å². The molecule has 1 aliphatic carbocycles. The third-order valence-electron chi connectivity index (χ3n) is 5.00. The molecule has 2 fully saturated rings. The minimum Gasteiger partial charge on any atom is -0.398 e. The molecule has 1 aromatic rings. The molecule has 3 rings (SSSR count). The number of nitrogens with two attached hydrogens (primary N) is 1. The van der Waals surface area contributed by atoms with Crippen LogP contribution in [-0.4, -0.2) is 28.3 Å². The summed E-state index contributed by atoms with van der Waals surface area (Å²) in [5.41, 5.74) is 6.08. The van der Waals surface area contributed by atoms with Crippen LogP contribution in [0.3, 0.4) is 0 Å². The molecule has 1 aliphatic heterocycles. The summed E-state index contributed by atoms with van der Waals surface area (Å²) in [7, 11) is -0.912. The van der Waals surface area contributed by atoms with E-state index in [1.54, 1.807) is 6.20 Å². The van der Waals surface area contributed by atoms with Crippen LogP contribution in [0.2, 0.25) is 0 Å². The topological polar surface area (TPSA) is 70.3 Å². The predicted molar refractivity (Wildman–Crippen MR) is 82.6 cm³/mol. The lowest BCUT2D eigenvalue weighted by atomic mass is 9.70. The van der Waals surface area contributed by atoms with E-state index < -0.39 is 18.3 Å². The predicted octanol–water partition coefficient (Wildman–Crippen LogP) is 2.79. The van der Waals surface area contributed by atoms with Gasteiger partial charge >= 0.3 is 7.12 Å². The molecule has 2 aliphatic rings. The van der Waals surface area contributed by atoms with Crippen LogP contribution < -0.4 is 5.73 Å². The standard InChI is InChI=1S/C15H21BFN3O2/c1-14(2)15(3,4)22-16(21-14)12(17)10-5-9(6-10)11-7-19-8-20-13(11)18/h7-9H,5-6H2,1-4H3,(H2,18,19,20). The van der Waals surface area contributed by atoms with Gasteiger partial charge in [0.25, 0.3) is 0 Å². The van der Waals surface area contributed by atoms with Gasteiger partial charge < -0.3 is 15.0 Å². The molecular formula is C15H21BFN3O2. The summed E-state index contributed by atoms with van der Waals surface area (Å²) < 4.78 is 26.1. The van der Waals surface area contributed by atoms with Gasteiger partial charge in [-0.2, -0.15) is 0 Å². The molecule has 0 amide bonds. The third kappa shape index (κ3) is 2.42. The van der Waals surface area contributed by atoms with Crippen LogP contribution in [0.4, 0.5) is 10.2 Å². The van der Waals surface area contributed by atoms with E-state index in [0.29, 0.717) is 18.7 Å².